The molecule has 0 amide bonds. The van der Waals surface area contributed by atoms with Crippen LogP contribution in [0.5, 0.6) is 0 Å². The first-order chi connectivity index (χ1) is 9.02. The van der Waals surface area contributed by atoms with Gasteiger partial charge in [-0.1, -0.05) is 38.0 Å². The summed E-state index contributed by atoms with van der Waals surface area (Å²) in [5, 5.41) is 0. The van der Waals surface area contributed by atoms with E-state index in [1.165, 1.54) is 6.08 Å². The van der Waals surface area contributed by atoms with Crippen molar-refractivity contribution in [3.63, 3.8) is 0 Å². The van der Waals surface area contributed by atoms with Crippen LogP contribution in [0.25, 0.3) is 0 Å². The summed E-state index contributed by atoms with van der Waals surface area (Å²) in [5.41, 5.74) is 1.22. The third-order valence-electron chi connectivity index (χ3n) is 2.08. The molecule has 0 fully saturated rings. The van der Waals surface area contributed by atoms with E-state index in [2.05, 4.69) is 24.5 Å². The summed E-state index contributed by atoms with van der Waals surface area (Å²) in [5.74, 6) is -0.555. The van der Waals surface area contributed by atoms with E-state index in [9.17, 15) is 9.59 Å². The molecule has 0 atom stereocenters. The lowest BCUT2D eigenvalue weighted by Crippen LogP contribution is -2.11. The number of carbonyl (C=O) groups excluding carboxylic acids is 2. The van der Waals surface area contributed by atoms with E-state index in [1.54, 1.807) is 13.0 Å². The van der Waals surface area contributed by atoms with Crippen molar-refractivity contribution >= 4 is 11.9 Å². The largest absolute Gasteiger partial charge is 0.458 e. The Morgan fingerprint density at radius 3 is 2.16 bits per heavy atom. The molecule has 0 N–H and O–H groups in total. The van der Waals surface area contributed by atoms with Gasteiger partial charge in [0.2, 0.25) is 0 Å². The lowest BCUT2D eigenvalue weighted by Gasteiger charge is -2.11. The van der Waals surface area contributed by atoms with Gasteiger partial charge in [0.1, 0.15) is 13.2 Å². The first-order valence-electron chi connectivity index (χ1n) is 5.93. The molecule has 0 unspecified atom stereocenters. The Bertz CT molecular complexity index is 391. The highest BCUT2D eigenvalue weighted by Crippen LogP contribution is 2.18. The van der Waals surface area contributed by atoms with E-state index >= 15 is 0 Å². The van der Waals surface area contributed by atoms with Gasteiger partial charge in [-0.05, 0) is 19.8 Å². The third-order valence-corrected chi connectivity index (χ3v) is 2.08. The highest BCUT2D eigenvalue weighted by Gasteiger charge is 2.14. The lowest BCUT2D eigenvalue weighted by molar-refractivity contribution is -0.138. The minimum absolute atomic E-state index is 0.189. The molecule has 4 heteroatoms. The molecule has 1 aliphatic carbocycles. The van der Waals surface area contributed by atoms with Crippen LogP contribution in [0, 0.1) is 0 Å². The molecule has 0 aliphatic heterocycles. The number of allylic oxidation sites excluding steroid dienone is 1. The Hall–Kier alpha value is -2.10. The molecule has 1 rings (SSSR count). The van der Waals surface area contributed by atoms with Crippen LogP contribution in [-0.2, 0) is 19.1 Å². The van der Waals surface area contributed by atoms with Crippen LogP contribution < -0.4 is 0 Å². The van der Waals surface area contributed by atoms with E-state index in [4.69, 9.17) is 4.74 Å². The van der Waals surface area contributed by atoms with Crippen molar-refractivity contribution in [2.45, 2.75) is 19.8 Å². The molecule has 0 saturated heterocycles. The highest BCUT2D eigenvalue weighted by atomic mass is 16.5. The van der Waals surface area contributed by atoms with Gasteiger partial charge in [-0.15, -0.1) is 0 Å². The number of esters is 2. The second-order valence-corrected chi connectivity index (χ2v) is 3.82. The van der Waals surface area contributed by atoms with E-state index in [0.717, 1.165) is 18.4 Å². The van der Waals surface area contributed by atoms with Crippen molar-refractivity contribution in [3.05, 3.63) is 49.1 Å². The molecular formula is C15H20O4. The van der Waals surface area contributed by atoms with Gasteiger partial charge in [-0.2, -0.15) is 0 Å². The molecular weight excluding hydrogens is 244 g/mol. The molecule has 0 radical (unpaired) electrons. The lowest BCUT2D eigenvalue weighted by atomic mass is 10.00. The zero-order valence-corrected chi connectivity index (χ0v) is 11.3. The van der Waals surface area contributed by atoms with E-state index in [1.807, 2.05) is 6.08 Å². The maximum atomic E-state index is 10.8. The fourth-order valence-corrected chi connectivity index (χ4v) is 0.959. The summed E-state index contributed by atoms with van der Waals surface area (Å²) in [6.45, 7) is 12.4. The number of carbonyl (C=O) groups is 2. The average Bonchev–Trinajstić information content (AvgIpc) is 2.31. The topological polar surface area (TPSA) is 52.6 Å². The summed E-state index contributed by atoms with van der Waals surface area (Å²) in [6.07, 6.45) is 6.86. The van der Waals surface area contributed by atoms with Crippen molar-refractivity contribution in [2.24, 2.45) is 0 Å². The van der Waals surface area contributed by atoms with Crippen molar-refractivity contribution in [1.82, 2.24) is 0 Å². The molecule has 19 heavy (non-hydrogen) atoms. The summed E-state index contributed by atoms with van der Waals surface area (Å²) in [7, 11) is 0. The quantitative estimate of drug-likeness (QED) is 0.420. The smallest absolute Gasteiger partial charge is 0.333 e. The maximum absolute atomic E-state index is 10.8. The minimum Gasteiger partial charge on any atom is -0.458 e. The van der Waals surface area contributed by atoms with Gasteiger partial charge >= 0.3 is 11.9 Å². The average molecular weight is 264 g/mol. The molecule has 4 nitrogen and oxygen atoms in total. The molecule has 0 heterocycles. The molecule has 0 aromatic heterocycles. The molecule has 0 spiro atoms. The van der Waals surface area contributed by atoms with Crippen LogP contribution in [0.15, 0.2) is 49.1 Å². The SMILES string of the molecule is C=CCOC(=O)C(=C)C.C=CCOC(=O)C1=CCC1. The standard InChI is InChI=1S/C8H10O2.C7H10O2/c1-2-6-10-8(9)7-4-3-5-7;1-4-5-9-7(8)6(2)3/h2,4H,1,3,5-6H2;4H,1-2,5H2,3H3. The second-order valence-electron chi connectivity index (χ2n) is 3.82. The van der Waals surface area contributed by atoms with Crippen LogP contribution in [-0.4, -0.2) is 25.2 Å². The molecule has 104 valence electrons. The summed E-state index contributed by atoms with van der Waals surface area (Å²) in [4.78, 5) is 21.4. The van der Waals surface area contributed by atoms with Gasteiger partial charge in [-0.3, -0.25) is 0 Å². The monoisotopic (exact) mass is 264 g/mol. The Balaban J connectivity index is 0.000000344. The van der Waals surface area contributed by atoms with Crippen molar-refractivity contribution in [2.75, 3.05) is 13.2 Å². The summed E-state index contributed by atoms with van der Waals surface area (Å²) < 4.78 is 9.37. The zero-order chi connectivity index (χ0) is 14.7. The van der Waals surface area contributed by atoms with Gasteiger partial charge < -0.3 is 9.47 Å². The Morgan fingerprint density at radius 1 is 1.26 bits per heavy atom. The number of ether oxygens (including phenoxy) is 2. The first kappa shape index (κ1) is 16.9. The molecule has 0 saturated carbocycles. The Morgan fingerprint density at radius 2 is 1.79 bits per heavy atom. The van der Waals surface area contributed by atoms with Gasteiger partial charge in [-0.25, -0.2) is 9.59 Å². The van der Waals surface area contributed by atoms with Crippen LogP contribution in [0.1, 0.15) is 19.8 Å². The van der Waals surface area contributed by atoms with E-state index < -0.39 is 0 Å². The van der Waals surface area contributed by atoms with Crippen LogP contribution in [0.4, 0.5) is 0 Å². The van der Waals surface area contributed by atoms with Gasteiger partial charge in [0, 0.05) is 11.1 Å². The zero-order valence-electron chi connectivity index (χ0n) is 11.3. The second kappa shape index (κ2) is 9.88. The van der Waals surface area contributed by atoms with Crippen molar-refractivity contribution in [3.8, 4) is 0 Å². The summed E-state index contributed by atoms with van der Waals surface area (Å²) >= 11 is 0. The number of hydrogen-bond acceptors (Lipinski definition) is 4. The van der Waals surface area contributed by atoms with E-state index in [0.29, 0.717) is 12.2 Å². The van der Waals surface area contributed by atoms with Crippen molar-refractivity contribution in [1.29, 1.82) is 0 Å². The fourth-order valence-electron chi connectivity index (χ4n) is 0.959. The number of hydrogen-bond donors (Lipinski definition) is 0. The molecule has 1 aliphatic rings. The minimum atomic E-state index is -0.366. The van der Waals surface area contributed by atoms with Crippen molar-refractivity contribution < 1.29 is 19.1 Å². The first-order valence-corrected chi connectivity index (χ1v) is 5.93. The highest BCUT2D eigenvalue weighted by molar-refractivity contribution is 5.89. The van der Waals surface area contributed by atoms with Crippen LogP contribution in [0.3, 0.4) is 0 Å². The van der Waals surface area contributed by atoms with Gasteiger partial charge in [0.05, 0.1) is 0 Å². The Labute approximate surface area is 114 Å². The summed E-state index contributed by atoms with van der Waals surface area (Å²) in [6, 6.07) is 0. The molecule has 0 aromatic rings. The van der Waals surface area contributed by atoms with E-state index in [-0.39, 0.29) is 18.5 Å². The predicted molar refractivity (Wildman–Crippen MR) is 74.4 cm³/mol. The fraction of sp³-hybridized carbons (Fsp3) is 0.333. The van der Waals surface area contributed by atoms with Crippen LogP contribution >= 0.6 is 0 Å². The number of rotatable bonds is 6. The third kappa shape index (κ3) is 7.76. The van der Waals surface area contributed by atoms with Crippen LogP contribution in [0.2, 0.25) is 0 Å². The van der Waals surface area contributed by atoms with Gasteiger partial charge in [0.15, 0.2) is 0 Å². The molecule has 0 aromatic carbocycles. The predicted octanol–water partition coefficient (Wildman–Crippen LogP) is 2.73. The normalized spacial score (nSPS) is 11.7. The Kier molecular flexibility index (Phi) is 8.79. The maximum Gasteiger partial charge on any atom is 0.333 e. The molecule has 0 bridgehead atoms. The van der Waals surface area contributed by atoms with Gasteiger partial charge in [0.25, 0.3) is 0 Å².